The number of rotatable bonds is 6. The average Bonchev–Trinajstić information content (AvgIpc) is 2.55. The van der Waals surface area contributed by atoms with Gasteiger partial charge in [-0.25, -0.2) is 4.79 Å². The molecule has 0 aromatic heterocycles. The van der Waals surface area contributed by atoms with Crippen molar-refractivity contribution in [1.82, 2.24) is 0 Å². The van der Waals surface area contributed by atoms with Gasteiger partial charge in [-0.15, -0.1) is 0 Å². The lowest BCUT2D eigenvalue weighted by Crippen LogP contribution is -2.34. The molecule has 0 radical (unpaired) electrons. The maximum Gasteiger partial charge on any atom is 0.337 e. The molecule has 0 fully saturated rings. The van der Waals surface area contributed by atoms with E-state index in [0.717, 1.165) is 20.2 Å². The summed E-state index contributed by atoms with van der Waals surface area (Å²) in [6.07, 6.45) is -1.31. The van der Waals surface area contributed by atoms with Gasteiger partial charge in [-0.1, -0.05) is 44.0 Å². The SMILES string of the molecule is CCOC(=O)[C@H](O)[C@H](Nc1ccc(Br)cc1)c1ccc(Br)cc1. The number of carbonyl (C=O) groups is 1. The summed E-state index contributed by atoms with van der Waals surface area (Å²) in [4.78, 5) is 11.9. The topological polar surface area (TPSA) is 58.6 Å². The summed E-state index contributed by atoms with van der Waals surface area (Å²) in [5, 5.41) is 13.6. The van der Waals surface area contributed by atoms with Crippen LogP contribution in [0.3, 0.4) is 0 Å². The Morgan fingerprint density at radius 2 is 1.61 bits per heavy atom. The number of hydrogen-bond acceptors (Lipinski definition) is 4. The molecule has 0 aliphatic heterocycles. The van der Waals surface area contributed by atoms with Crippen LogP contribution in [0.25, 0.3) is 0 Å². The molecule has 0 bridgehead atoms. The first-order valence-corrected chi connectivity index (χ1v) is 8.72. The molecule has 2 aromatic carbocycles. The molecule has 0 saturated carbocycles. The fourth-order valence-corrected chi connectivity index (χ4v) is 2.63. The Hall–Kier alpha value is -1.37. The highest BCUT2D eigenvalue weighted by molar-refractivity contribution is 9.10. The summed E-state index contributed by atoms with van der Waals surface area (Å²) in [7, 11) is 0. The number of anilines is 1. The fourth-order valence-electron chi connectivity index (χ4n) is 2.10. The summed E-state index contributed by atoms with van der Waals surface area (Å²) in [5.74, 6) is -0.648. The van der Waals surface area contributed by atoms with Crippen molar-refractivity contribution in [3.63, 3.8) is 0 Å². The quantitative estimate of drug-likeness (QED) is 0.655. The number of esters is 1. The predicted molar refractivity (Wildman–Crippen MR) is 97.3 cm³/mol. The number of carbonyl (C=O) groups excluding carboxylic acids is 1. The zero-order valence-electron chi connectivity index (χ0n) is 12.5. The number of nitrogens with one attached hydrogen (secondary N) is 1. The molecule has 4 nitrogen and oxygen atoms in total. The number of aliphatic hydroxyl groups is 1. The van der Waals surface area contributed by atoms with Gasteiger partial charge in [0, 0.05) is 14.6 Å². The van der Waals surface area contributed by atoms with E-state index >= 15 is 0 Å². The van der Waals surface area contributed by atoms with Crippen LogP contribution >= 0.6 is 31.9 Å². The molecule has 2 rings (SSSR count). The second-order valence-corrected chi connectivity index (χ2v) is 6.71. The minimum atomic E-state index is -1.31. The minimum Gasteiger partial charge on any atom is -0.464 e. The van der Waals surface area contributed by atoms with Gasteiger partial charge in [0.25, 0.3) is 0 Å². The molecule has 0 unspecified atom stereocenters. The summed E-state index contributed by atoms with van der Waals surface area (Å²) < 4.78 is 6.82. The molecular formula is C17H17Br2NO3. The second-order valence-electron chi connectivity index (χ2n) is 4.88. The van der Waals surface area contributed by atoms with Crippen molar-refractivity contribution in [1.29, 1.82) is 0 Å². The van der Waals surface area contributed by atoms with Gasteiger partial charge in [-0.2, -0.15) is 0 Å². The van der Waals surface area contributed by atoms with Crippen molar-refractivity contribution in [2.24, 2.45) is 0 Å². The standard InChI is InChI=1S/C17H17Br2NO3/c1-2-23-17(22)16(21)15(11-3-5-12(18)6-4-11)20-14-9-7-13(19)8-10-14/h3-10,15-16,20-21H,2H2,1H3/t15-,16-/m1/s1. The summed E-state index contributed by atoms with van der Waals surface area (Å²) in [6.45, 7) is 1.93. The molecule has 23 heavy (non-hydrogen) atoms. The third kappa shape index (κ3) is 5.06. The van der Waals surface area contributed by atoms with Gasteiger partial charge in [-0.05, 0) is 48.9 Å². The normalized spacial score (nSPS) is 13.2. The van der Waals surface area contributed by atoms with Crippen LogP contribution < -0.4 is 5.32 Å². The highest BCUT2D eigenvalue weighted by atomic mass is 79.9. The number of ether oxygens (including phenoxy) is 1. The van der Waals surface area contributed by atoms with Gasteiger partial charge in [0.15, 0.2) is 6.10 Å². The first kappa shape index (κ1) is 18.0. The average molecular weight is 443 g/mol. The van der Waals surface area contributed by atoms with Gasteiger partial charge in [-0.3, -0.25) is 0 Å². The molecule has 2 aromatic rings. The molecule has 0 amide bonds. The van der Waals surface area contributed by atoms with E-state index < -0.39 is 18.1 Å². The van der Waals surface area contributed by atoms with Crippen LogP contribution in [0.2, 0.25) is 0 Å². The molecule has 0 aliphatic rings. The summed E-state index contributed by atoms with van der Waals surface area (Å²) >= 11 is 6.76. The number of aliphatic hydroxyl groups excluding tert-OH is 1. The molecular weight excluding hydrogens is 426 g/mol. The van der Waals surface area contributed by atoms with Crippen LogP contribution in [0.4, 0.5) is 5.69 Å². The largest absolute Gasteiger partial charge is 0.464 e. The van der Waals surface area contributed by atoms with Gasteiger partial charge in [0.05, 0.1) is 12.6 Å². The smallest absolute Gasteiger partial charge is 0.337 e. The Morgan fingerprint density at radius 3 is 2.13 bits per heavy atom. The van der Waals surface area contributed by atoms with Crippen LogP contribution in [0.1, 0.15) is 18.5 Å². The van der Waals surface area contributed by atoms with Crippen LogP contribution in [0.15, 0.2) is 57.5 Å². The zero-order chi connectivity index (χ0) is 16.8. The van der Waals surface area contributed by atoms with E-state index in [-0.39, 0.29) is 6.61 Å². The fraction of sp³-hybridized carbons (Fsp3) is 0.235. The highest BCUT2D eigenvalue weighted by Gasteiger charge is 2.28. The van der Waals surface area contributed by atoms with Crippen molar-refractivity contribution in [2.45, 2.75) is 19.1 Å². The van der Waals surface area contributed by atoms with E-state index in [0.29, 0.717) is 0 Å². The van der Waals surface area contributed by atoms with Gasteiger partial charge in [0.2, 0.25) is 0 Å². The first-order chi connectivity index (χ1) is 11.0. The lowest BCUT2D eigenvalue weighted by Gasteiger charge is -2.24. The summed E-state index contributed by atoms with van der Waals surface area (Å²) in [6, 6.07) is 14.3. The lowest BCUT2D eigenvalue weighted by atomic mass is 10.0. The van der Waals surface area contributed by atoms with E-state index in [1.807, 2.05) is 48.5 Å². The van der Waals surface area contributed by atoms with Gasteiger partial charge < -0.3 is 15.2 Å². The van der Waals surface area contributed by atoms with E-state index in [4.69, 9.17) is 4.74 Å². The Kier molecular flexibility index (Phi) is 6.62. The van der Waals surface area contributed by atoms with Crippen LogP contribution in [0.5, 0.6) is 0 Å². The van der Waals surface area contributed by atoms with Crippen molar-refractivity contribution in [2.75, 3.05) is 11.9 Å². The third-order valence-corrected chi connectivity index (χ3v) is 4.30. The molecule has 0 spiro atoms. The number of halogens is 2. The molecule has 0 heterocycles. The van der Waals surface area contributed by atoms with Crippen molar-refractivity contribution >= 4 is 43.5 Å². The first-order valence-electron chi connectivity index (χ1n) is 7.13. The van der Waals surface area contributed by atoms with Gasteiger partial charge >= 0.3 is 5.97 Å². The second kappa shape index (κ2) is 8.47. The Balaban J connectivity index is 2.28. The maximum absolute atomic E-state index is 11.9. The highest BCUT2D eigenvalue weighted by Crippen LogP contribution is 2.26. The van der Waals surface area contributed by atoms with E-state index in [2.05, 4.69) is 37.2 Å². The molecule has 6 heteroatoms. The summed E-state index contributed by atoms with van der Waals surface area (Å²) in [5.41, 5.74) is 1.58. The Labute approximate surface area is 152 Å². The number of benzene rings is 2. The monoisotopic (exact) mass is 441 g/mol. The van der Waals surface area contributed by atoms with E-state index in [1.54, 1.807) is 6.92 Å². The minimum absolute atomic E-state index is 0.223. The molecule has 0 aliphatic carbocycles. The van der Waals surface area contributed by atoms with Crippen molar-refractivity contribution in [3.8, 4) is 0 Å². The maximum atomic E-state index is 11.9. The Morgan fingerprint density at radius 1 is 1.09 bits per heavy atom. The van der Waals surface area contributed by atoms with Crippen molar-refractivity contribution in [3.05, 3.63) is 63.0 Å². The van der Waals surface area contributed by atoms with Crippen LogP contribution in [-0.4, -0.2) is 23.8 Å². The van der Waals surface area contributed by atoms with E-state index in [1.165, 1.54) is 0 Å². The van der Waals surface area contributed by atoms with Crippen LogP contribution in [-0.2, 0) is 9.53 Å². The predicted octanol–water partition coefficient (Wildman–Crippen LogP) is 4.29. The third-order valence-electron chi connectivity index (χ3n) is 3.24. The molecule has 2 atom stereocenters. The lowest BCUT2D eigenvalue weighted by molar-refractivity contribution is -0.153. The molecule has 0 saturated heterocycles. The van der Waals surface area contributed by atoms with E-state index in [9.17, 15) is 9.90 Å². The Bertz CT molecular complexity index is 644. The molecule has 2 N–H and O–H groups in total. The van der Waals surface area contributed by atoms with Gasteiger partial charge in [0.1, 0.15) is 0 Å². The zero-order valence-corrected chi connectivity index (χ0v) is 15.7. The number of hydrogen-bond donors (Lipinski definition) is 2. The van der Waals surface area contributed by atoms with Crippen molar-refractivity contribution < 1.29 is 14.6 Å². The van der Waals surface area contributed by atoms with Crippen LogP contribution in [0, 0.1) is 0 Å². The molecule has 122 valence electrons.